The van der Waals surface area contributed by atoms with Gasteiger partial charge in [0.05, 0.1) is 25.3 Å². The van der Waals surface area contributed by atoms with Gasteiger partial charge in [-0.05, 0) is 29.8 Å². The summed E-state index contributed by atoms with van der Waals surface area (Å²) in [6, 6.07) is 7.73. The number of carbonyl (C=O) groups is 1. The number of primary amides is 1. The third-order valence-electron chi connectivity index (χ3n) is 4.77. The molecule has 9 heteroatoms. The molecule has 156 valence electrons. The van der Waals surface area contributed by atoms with E-state index in [0.29, 0.717) is 28.6 Å². The highest BCUT2D eigenvalue weighted by atomic mass is 19.1. The Morgan fingerprint density at radius 3 is 2.83 bits per heavy atom. The van der Waals surface area contributed by atoms with Gasteiger partial charge in [-0.15, -0.1) is 0 Å². The van der Waals surface area contributed by atoms with Crippen molar-refractivity contribution in [1.29, 1.82) is 0 Å². The molecule has 3 aromatic rings. The van der Waals surface area contributed by atoms with Gasteiger partial charge in [-0.2, -0.15) is 0 Å². The van der Waals surface area contributed by atoms with Gasteiger partial charge in [0, 0.05) is 23.3 Å². The fourth-order valence-electron chi connectivity index (χ4n) is 3.21. The molecule has 4 rings (SSSR count). The Balaban J connectivity index is 1.49. The summed E-state index contributed by atoms with van der Waals surface area (Å²) in [5, 5.41) is 10.3. The minimum absolute atomic E-state index is 0.0737. The molecule has 1 amide bonds. The lowest BCUT2D eigenvalue weighted by Gasteiger charge is -2.14. The van der Waals surface area contributed by atoms with Gasteiger partial charge in [-0.3, -0.25) is 9.78 Å². The van der Waals surface area contributed by atoms with E-state index in [0.717, 1.165) is 0 Å². The van der Waals surface area contributed by atoms with Crippen molar-refractivity contribution in [3.8, 4) is 16.9 Å². The quantitative estimate of drug-likeness (QED) is 0.566. The molecular formula is C21H20FN3O5. The van der Waals surface area contributed by atoms with E-state index in [2.05, 4.69) is 9.97 Å². The average molecular weight is 413 g/mol. The predicted octanol–water partition coefficient (Wildman–Crippen LogP) is 1.69. The van der Waals surface area contributed by atoms with Crippen molar-refractivity contribution < 1.29 is 28.5 Å². The normalized spacial score (nSPS) is 18.6. The standard InChI is InChI=1S/C21H20FN3O5/c22-15-7-12(2-4-18(15)29-5-6-30-19-11-28-10-17(19)26)14-9-24-8-13-1-3-16(21(23)27)25-20(13)14/h1-4,7-9,17,19,26H,5-6,10-11H2,(H2,23,27)/t17-,19-/m1/s1. The van der Waals surface area contributed by atoms with Crippen molar-refractivity contribution in [1.82, 2.24) is 9.97 Å². The number of rotatable bonds is 7. The van der Waals surface area contributed by atoms with Crippen LogP contribution >= 0.6 is 0 Å². The second-order valence-electron chi connectivity index (χ2n) is 6.83. The Hall–Kier alpha value is -3.14. The van der Waals surface area contributed by atoms with Crippen LogP contribution in [0.2, 0.25) is 0 Å². The van der Waals surface area contributed by atoms with Crippen LogP contribution in [0.3, 0.4) is 0 Å². The highest BCUT2D eigenvalue weighted by molar-refractivity contribution is 5.97. The van der Waals surface area contributed by atoms with Gasteiger partial charge >= 0.3 is 0 Å². The van der Waals surface area contributed by atoms with E-state index in [9.17, 15) is 14.3 Å². The number of carbonyl (C=O) groups excluding carboxylic acids is 1. The van der Waals surface area contributed by atoms with Crippen LogP contribution in [0, 0.1) is 5.82 Å². The van der Waals surface area contributed by atoms with Crippen molar-refractivity contribution in [3.63, 3.8) is 0 Å². The minimum Gasteiger partial charge on any atom is -0.488 e. The number of pyridine rings is 2. The van der Waals surface area contributed by atoms with E-state index < -0.39 is 23.9 Å². The molecule has 30 heavy (non-hydrogen) atoms. The van der Waals surface area contributed by atoms with Crippen LogP contribution in [-0.4, -0.2) is 59.6 Å². The molecule has 1 aromatic carbocycles. The second-order valence-corrected chi connectivity index (χ2v) is 6.83. The van der Waals surface area contributed by atoms with Crippen molar-refractivity contribution in [2.24, 2.45) is 5.73 Å². The molecule has 1 saturated heterocycles. The summed E-state index contributed by atoms with van der Waals surface area (Å²) in [5.74, 6) is -1.13. The molecule has 1 aliphatic rings. The molecule has 2 aromatic heterocycles. The van der Waals surface area contributed by atoms with E-state index in [-0.39, 0.29) is 31.3 Å². The number of ether oxygens (including phenoxy) is 3. The van der Waals surface area contributed by atoms with Crippen molar-refractivity contribution in [3.05, 3.63) is 54.2 Å². The minimum atomic E-state index is -0.654. The van der Waals surface area contributed by atoms with E-state index in [1.165, 1.54) is 18.2 Å². The molecule has 3 N–H and O–H groups in total. The van der Waals surface area contributed by atoms with Crippen LogP contribution in [0.25, 0.3) is 22.0 Å². The van der Waals surface area contributed by atoms with Gasteiger partial charge < -0.3 is 25.1 Å². The molecule has 0 saturated carbocycles. The summed E-state index contributed by atoms with van der Waals surface area (Å²) >= 11 is 0. The third kappa shape index (κ3) is 4.23. The molecule has 8 nitrogen and oxygen atoms in total. The molecular weight excluding hydrogens is 393 g/mol. The number of fused-ring (bicyclic) bond motifs is 1. The third-order valence-corrected chi connectivity index (χ3v) is 4.77. The van der Waals surface area contributed by atoms with Gasteiger partial charge in [0.15, 0.2) is 11.6 Å². The topological polar surface area (TPSA) is 117 Å². The molecule has 2 atom stereocenters. The number of amides is 1. The summed E-state index contributed by atoms with van der Waals surface area (Å²) < 4.78 is 30.6. The molecule has 1 fully saturated rings. The maximum atomic E-state index is 14.6. The monoisotopic (exact) mass is 413 g/mol. The van der Waals surface area contributed by atoms with Gasteiger partial charge in [-0.25, -0.2) is 9.37 Å². The van der Waals surface area contributed by atoms with Crippen LogP contribution in [0.1, 0.15) is 10.5 Å². The Labute approximate surface area is 171 Å². The molecule has 3 heterocycles. The fourth-order valence-corrected chi connectivity index (χ4v) is 3.21. The molecule has 0 spiro atoms. The highest BCUT2D eigenvalue weighted by Crippen LogP contribution is 2.30. The lowest BCUT2D eigenvalue weighted by molar-refractivity contribution is -0.0199. The van der Waals surface area contributed by atoms with Crippen LogP contribution in [0.4, 0.5) is 4.39 Å². The number of aliphatic hydroxyl groups is 1. The van der Waals surface area contributed by atoms with E-state index in [1.807, 2.05) is 0 Å². The number of halogens is 1. The SMILES string of the molecule is NC(=O)c1ccc2cncc(-c3ccc(OCCO[C@@H]4COC[C@H]4O)c(F)c3)c2n1. The molecule has 0 unspecified atom stereocenters. The van der Waals surface area contributed by atoms with Crippen LogP contribution < -0.4 is 10.5 Å². The van der Waals surface area contributed by atoms with Crippen LogP contribution in [-0.2, 0) is 9.47 Å². The van der Waals surface area contributed by atoms with Gasteiger partial charge in [0.25, 0.3) is 5.91 Å². The molecule has 1 aliphatic heterocycles. The number of benzene rings is 1. The summed E-state index contributed by atoms with van der Waals surface area (Å²) in [6.45, 7) is 0.896. The fraction of sp³-hybridized carbons (Fsp3) is 0.286. The number of aromatic nitrogens is 2. The molecule has 0 radical (unpaired) electrons. The molecule has 0 bridgehead atoms. The van der Waals surface area contributed by atoms with E-state index in [1.54, 1.807) is 24.5 Å². The van der Waals surface area contributed by atoms with E-state index >= 15 is 0 Å². The first-order chi connectivity index (χ1) is 14.5. The summed E-state index contributed by atoms with van der Waals surface area (Å²) in [7, 11) is 0. The maximum Gasteiger partial charge on any atom is 0.267 e. The number of nitrogens with two attached hydrogens (primary N) is 1. The Morgan fingerprint density at radius 1 is 1.23 bits per heavy atom. The molecule has 0 aliphatic carbocycles. The number of hydrogen-bond donors (Lipinski definition) is 2. The van der Waals surface area contributed by atoms with Crippen LogP contribution in [0.5, 0.6) is 5.75 Å². The Kier molecular flexibility index (Phi) is 5.84. The van der Waals surface area contributed by atoms with Crippen molar-refractivity contribution in [2.75, 3.05) is 26.4 Å². The zero-order chi connectivity index (χ0) is 21.1. The van der Waals surface area contributed by atoms with Gasteiger partial charge in [0.1, 0.15) is 24.5 Å². The lowest BCUT2D eigenvalue weighted by atomic mass is 10.0. The van der Waals surface area contributed by atoms with Gasteiger partial charge in [-0.1, -0.05) is 6.07 Å². The average Bonchev–Trinajstić information content (AvgIpc) is 3.16. The van der Waals surface area contributed by atoms with Crippen molar-refractivity contribution in [2.45, 2.75) is 12.2 Å². The second kappa shape index (κ2) is 8.70. The number of hydrogen-bond acceptors (Lipinski definition) is 7. The number of aliphatic hydroxyl groups excluding tert-OH is 1. The predicted molar refractivity (Wildman–Crippen MR) is 106 cm³/mol. The maximum absolute atomic E-state index is 14.6. The first kappa shape index (κ1) is 20.1. The lowest BCUT2D eigenvalue weighted by Crippen LogP contribution is -2.28. The summed E-state index contributed by atoms with van der Waals surface area (Å²) in [6.07, 6.45) is 2.12. The largest absolute Gasteiger partial charge is 0.488 e. The first-order valence-corrected chi connectivity index (χ1v) is 9.37. The van der Waals surface area contributed by atoms with Gasteiger partial charge in [0.2, 0.25) is 0 Å². The zero-order valence-electron chi connectivity index (χ0n) is 16.0. The highest BCUT2D eigenvalue weighted by Gasteiger charge is 2.26. The summed E-state index contributed by atoms with van der Waals surface area (Å²) in [5.41, 5.74) is 7.04. The Morgan fingerprint density at radius 2 is 2.10 bits per heavy atom. The summed E-state index contributed by atoms with van der Waals surface area (Å²) in [4.78, 5) is 19.9. The Bertz CT molecular complexity index is 1080. The number of nitrogens with zero attached hydrogens (tertiary/aromatic N) is 2. The van der Waals surface area contributed by atoms with Crippen molar-refractivity contribution >= 4 is 16.8 Å². The first-order valence-electron chi connectivity index (χ1n) is 9.37. The van der Waals surface area contributed by atoms with Crippen LogP contribution in [0.15, 0.2) is 42.7 Å². The zero-order valence-corrected chi connectivity index (χ0v) is 16.0. The smallest absolute Gasteiger partial charge is 0.267 e. The van der Waals surface area contributed by atoms with E-state index in [4.69, 9.17) is 19.9 Å².